The van der Waals surface area contributed by atoms with E-state index in [0.717, 1.165) is 50.0 Å². The lowest BCUT2D eigenvalue weighted by molar-refractivity contribution is -0.149. The molecule has 0 spiro atoms. The molecule has 1 N–H and O–H groups in total. The highest BCUT2D eigenvalue weighted by atomic mass is 16.2. The molecule has 2 atom stereocenters. The Morgan fingerprint density at radius 3 is 2.19 bits per heavy atom. The van der Waals surface area contributed by atoms with Crippen molar-refractivity contribution in [3.8, 4) is 0 Å². The third-order valence-electron chi connectivity index (χ3n) is 4.59. The Balaban J connectivity index is 1.78. The van der Waals surface area contributed by atoms with Gasteiger partial charge in [0.05, 0.1) is 11.8 Å². The van der Waals surface area contributed by atoms with E-state index >= 15 is 0 Å². The summed E-state index contributed by atoms with van der Waals surface area (Å²) in [6.45, 7) is 2.15. The van der Waals surface area contributed by atoms with Crippen molar-refractivity contribution in [2.24, 2.45) is 11.8 Å². The molecule has 2 aliphatic rings. The predicted octanol–water partition coefficient (Wildman–Crippen LogP) is 2.55. The lowest BCUT2D eigenvalue weighted by Gasteiger charge is -2.19. The summed E-state index contributed by atoms with van der Waals surface area (Å²) in [6.07, 6.45) is 9.27. The third kappa shape index (κ3) is 3.83. The van der Waals surface area contributed by atoms with E-state index in [-0.39, 0.29) is 29.6 Å². The van der Waals surface area contributed by atoms with Crippen LogP contribution in [0.3, 0.4) is 0 Å². The SMILES string of the molecule is CCCCCCCC(=O)NN1C(=O)[C@@H]2CCCC[C@H]2C1=O. The molecule has 5 heteroatoms. The Morgan fingerprint density at radius 2 is 1.62 bits per heavy atom. The van der Waals surface area contributed by atoms with Gasteiger partial charge < -0.3 is 0 Å². The normalized spacial score (nSPS) is 25.1. The van der Waals surface area contributed by atoms with Crippen LogP contribution >= 0.6 is 0 Å². The molecule has 0 unspecified atom stereocenters. The van der Waals surface area contributed by atoms with Crippen LogP contribution < -0.4 is 5.43 Å². The highest BCUT2D eigenvalue weighted by Crippen LogP contribution is 2.37. The van der Waals surface area contributed by atoms with E-state index in [2.05, 4.69) is 12.3 Å². The first-order valence-corrected chi connectivity index (χ1v) is 8.32. The fourth-order valence-electron chi connectivity index (χ4n) is 3.34. The van der Waals surface area contributed by atoms with Crippen LogP contribution in [0.5, 0.6) is 0 Å². The second-order valence-electron chi connectivity index (χ2n) is 6.21. The Kier molecular flexibility index (Phi) is 5.76. The summed E-state index contributed by atoms with van der Waals surface area (Å²) in [5.41, 5.74) is 2.52. The van der Waals surface area contributed by atoms with Gasteiger partial charge in [0, 0.05) is 6.42 Å². The Bertz CT molecular complexity index is 384. The molecule has 118 valence electrons. The lowest BCUT2D eigenvalue weighted by atomic mass is 9.81. The van der Waals surface area contributed by atoms with Gasteiger partial charge in [-0.2, -0.15) is 5.01 Å². The summed E-state index contributed by atoms with van der Waals surface area (Å²) in [5, 5.41) is 0.995. The highest BCUT2D eigenvalue weighted by Gasteiger charge is 2.48. The number of hydrazine groups is 1. The van der Waals surface area contributed by atoms with Crippen LogP contribution in [-0.2, 0) is 14.4 Å². The standard InChI is InChI=1S/C16H26N2O3/c1-2-3-4-5-6-11-14(19)17-18-15(20)12-9-7-8-10-13(12)16(18)21/h12-13H,2-11H2,1H3,(H,17,19)/t12-,13-/m1/s1. The molecule has 5 nitrogen and oxygen atoms in total. The summed E-state index contributed by atoms with van der Waals surface area (Å²) >= 11 is 0. The van der Waals surface area contributed by atoms with Crippen LogP contribution in [0.25, 0.3) is 0 Å². The number of nitrogens with one attached hydrogen (secondary N) is 1. The van der Waals surface area contributed by atoms with Crippen LogP contribution in [0.2, 0.25) is 0 Å². The molecule has 2 rings (SSSR count). The van der Waals surface area contributed by atoms with Crippen molar-refractivity contribution in [3.05, 3.63) is 0 Å². The molecule has 1 saturated heterocycles. The zero-order chi connectivity index (χ0) is 15.2. The van der Waals surface area contributed by atoms with E-state index in [1.54, 1.807) is 0 Å². The molecule has 1 saturated carbocycles. The molecular formula is C16H26N2O3. The molecule has 0 bridgehead atoms. The Morgan fingerprint density at radius 1 is 1.05 bits per heavy atom. The molecular weight excluding hydrogens is 268 g/mol. The quantitative estimate of drug-likeness (QED) is 0.579. The third-order valence-corrected chi connectivity index (χ3v) is 4.59. The molecule has 0 aromatic rings. The summed E-state index contributed by atoms with van der Waals surface area (Å²) in [4.78, 5) is 36.3. The minimum Gasteiger partial charge on any atom is -0.273 e. The maximum Gasteiger partial charge on any atom is 0.252 e. The van der Waals surface area contributed by atoms with Gasteiger partial charge in [0.15, 0.2) is 0 Å². The number of rotatable bonds is 7. The summed E-state index contributed by atoms with van der Waals surface area (Å²) in [6, 6.07) is 0. The van der Waals surface area contributed by atoms with E-state index in [0.29, 0.717) is 6.42 Å². The molecule has 21 heavy (non-hydrogen) atoms. The fourth-order valence-corrected chi connectivity index (χ4v) is 3.34. The number of hydrogen-bond donors (Lipinski definition) is 1. The average molecular weight is 294 g/mol. The monoisotopic (exact) mass is 294 g/mol. The molecule has 0 radical (unpaired) electrons. The summed E-state index contributed by atoms with van der Waals surface area (Å²) in [5.74, 6) is -1.02. The van der Waals surface area contributed by atoms with Crippen molar-refractivity contribution in [3.63, 3.8) is 0 Å². The summed E-state index contributed by atoms with van der Waals surface area (Å²) < 4.78 is 0. The Labute approximate surface area is 126 Å². The van der Waals surface area contributed by atoms with Gasteiger partial charge in [0.2, 0.25) is 5.91 Å². The van der Waals surface area contributed by atoms with Gasteiger partial charge in [0.25, 0.3) is 11.8 Å². The minimum atomic E-state index is -0.216. The van der Waals surface area contributed by atoms with E-state index in [1.165, 1.54) is 12.8 Å². The van der Waals surface area contributed by atoms with Crippen LogP contribution in [0.15, 0.2) is 0 Å². The first-order valence-electron chi connectivity index (χ1n) is 8.32. The van der Waals surface area contributed by atoms with Crippen LogP contribution in [-0.4, -0.2) is 22.7 Å². The number of hydrogen-bond acceptors (Lipinski definition) is 3. The molecule has 3 amide bonds. The zero-order valence-corrected chi connectivity index (χ0v) is 12.9. The highest BCUT2D eigenvalue weighted by molar-refractivity contribution is 6.06. The molecule has 1 aliphatic carbocycles. The Hall–Kier alpha value is -1.39. The predicted molar refractivity (Wildman–Crippen MR) is 78.8 cm³/mol. The molecule has 0 aromatic carbocycles. The topological polar surface area (TPSA) is 66.5 Å². The second kappa shape index (κ2) is 7.57. The van der Waals surface area contributed by atoms with E-state index in [9.17, 15) is 14.4 Å². The van der Waals surface area contributed by atoms with Gasteiger partial charge in [-0.15, -0.1) is 0 Å². The zero-order valence-electron chi connectivity index (χ0n) is 12.9. The smallest absolute Gasteiger partial charge is 0.252 e. The molecule has 1 heterocycles. The van der Waals surface area contributed by atoms with Crippen molar-refractivity contribution in [1.29, 1.82) is 0 Å². The van der Waals surface area contributed by atoms with Gasteiger partial charge in [-0.05, 0) is 19.3 Å². The number of imide groups is 1. The van der Waals surface area contributed by atoms with Gasteiger partial charge in [0.1, 0.15) is 0 Å². The number of carbonyl (C=O) groups excluding carboxylic acids is 3. The van der Waals surface area contributed by atoms with Crippen LogP contribution in [0.1, 0.15) is 71.1 Å². The van der Waals surface area contributed by atoms with Crippen molar-refractivity contribution in [2.75, 3.05) is 0 Å². The average Bonchev–Trinajstić information content (AvgIpc) is 2.73. The number of unbranched alkanes of at least 4 members (excludes halogenated alkanes) is 4. The fraction of sp³-hybridized carbons (Fsp3) is 0.812. The number of nitrogens with zero attached hydrogens (tertiary/aromatic N) is 1. The number of fused-ring (bicyclic) bond motifs is 1. The van der Waals surface area contributed by atoms with Crippen LogP contribution in [0, 0.1) is 11.8 Å². The first-order chi connectivity index (χ1) is 10.1. The van der Waals surface area contributed by atoms with Crippen LogP contribution in [0.4, 0.5) is 0 Å². The van der Waals surface area contributed by atoms with Gasteiger partial charge in [-0.1, -0.05) is 45.4 Å². The van der Waals surface area contributed by atoms with Crippen molar-refractivity contribution < 1.29 is 14.4 Å². The number of amides is 3. The van der Waals surface area contributed by atoms with E-state index in [1.807, 2.05) is 0 Å². The van der Waals surface area contributed by atoms with E-state index in [4.69, 9.17) is 0 Å². The molecule has 1 aliphatic heterocycles. The van der Waals surface area contributed by atoms with Gasteiger partial charge in [-0.3, -0.25) is 19.8 Å². The van der Waals surface area contributed by atoms with Gasteiger partial charge >= 0.3 is 0 Å². The molecule has 2 fully saturated rings. The van der Waals surface area contributed by atoms with Crippen molar-refractivity contribution in [1.82, 2.24) is 10.4 Å². The summed E-state index contributed by atoms with van der Waals surface area (Å²) in [7, 11) is 0. The van der Waals surface area contributed by atoms with Gasteiger partial charge in [-0.25, -0.2) is 0 Å². The maximum atomic E-state index is 12.2. The van der Waals surface area contributed by atoms with E-state index < -0.39 is 0 Å². The largest absolute Gasteiger partial charge is 0.273 e. The molecule has 0 aromatic heterocycles. The lowest BCUT2D eigenvalue weighted by Crippen LogP contribution is -2.46. The first kappa shape index (κ1) is 16.0. The second-order valence-corrected chi connectivity index (χ2v) is 6.21. The van der Waals surface area contributed by atoms with Crippen molar-refractivity contribution >= 4 is 17.7 Å². The maximum absolute atomic E-state index is 12.2. The van der Waals surface area contributed by atoms with Crippen molar-refractivity contribution in [2.45, 2.75) is 71.1 Å². The minimum absolute atomic E-state index is 0.198. The number of carbonyl (C=O) groups is 3.